The summed E-state index contributed by atoms with van der Waals surface area (Å²) in [5, 5.41) is 24.3. The van der Waals surface area contributed by atoms with Gasteiger partial charge in [-0.3, -0.25) is 33.8 Å². The first kappa shape index (κ1) is 49.6. The van der Waals surface area contributed by atoms with Crippen molar-refractivity contribution in [3.63, 3.8) is 0 Å². The lowest BCUT2D eigenvalue weighted by Gasteiger charge is -2.27. The Balaban J connectivity index is 1.23. The highest BCUT2D eigenvalue weighted by molar-refractivity contribution is 5.97. The predicted octanol–water partition coefficient (Wildman–Crippen LogP) is 5.98. The van der Waals surface area contributed by atoms with E-state index in [0.717, 1.165) is 22.3 Å². The molecule has 6 N–H and O–H groups in total. The number of Topliss-reactive ketones (excluding diaryl/α,β-unsaturated/α-hetero) is 1. The number of rotatable bonds is 13. The molecule has 2 bridgehead atoms. The average Bonchev–Trinajstić information content (AvgIpc) is 3.37. The standard InChI is InChI=1S/C56H56N6O8/c63-50-36-44(53(66)62-49(56(69)70)35-39-14-8-3-9-15-39)32-40-18-23-45(24-19-40)58-51(64)26-27-52(65)59-46(25-20-37-10-4-1-5-11-37)54(67)61-48(55(68)60-47(50)33-38-12-6-2-7-13-38)34-41-16-21-42(22-17-41)43-28-30-57-31-29-43/h1-19,21-24,28-31,44,46-49H,20,25-27,32-36H2,(H,58,64)(H,59,65)(H,60,68)(H,61,67)(H,62,66)(H,69,70)/t44-,46-,47-,48+,49+/m1/s1. The van der Waals surface area contributed by atoms with E-state index in [9.17, 15) is 38.7 Å². The predicted molar refractivity (Wildman–Crippen MR) is 265 cm³/mol. The van der Waals surface area contributed by atoms with Gasteiger partial charge in [0.1, 0.15) is 18.1 Å². The number of carbonyl (C=O) groups excluding carboxylic acids is 6. The molecule has 14 heteroatoms. The highest BCUT2D eigenvalue weighted by Crippen LogP contribution is 2.22. The van der Waals surface area contributed by atoms with E-state index < -0.39 is 71.4 Å². The number of carboxylic acid groups (broad SMARTS) is 1. The number of hydrogen-bond acceptors (Lipinski definition) is 8. The van der Waals surface area contributed by atoms with Gasteiger partial charge in [-0.2, -0.15) is 0 Å². The minimum Gasteiger partial charge on any atom is -0.480 e. The maximum absolute atomic E-state index is 14.8. The van der Waals surface area contributed by atoms with Crippen molar-refractivity contribution in [3.8, 4) is 11.1 Å². The summed E-state index contributed by atoms with van der Waals surface area (Å²) in [6.07, 6.45) is 3.19. The Kier molecular flexibility index (Phi) is 17.5. The van der Waals surface area contributed by atoms with Crippen molar-refractivity contribution < 1.29 is 38.7 Å². The molecule has 358 valence electrons. The highest BCUT2D eigenvalue weighted by Gasteiger charge is 2.34. The van der Waals surface area contributed by atoms with Crippen LogP contribution >= 0.6 is 0 Å². The number of anilines is 1. The van der Waals surface area contributed by atoms with E-state index in [0.29, 0.717) is 28.8 Å². The van der Waals surface area contributed by atoms with Crippen molar-refractivity contribution in [3.05, 3.63) is 192 Å². The average molecular weight is 941 g/mol. The second-order valence-corrected chi connectivity index (χ2v) is 17.5. The summed E-state index contributed by atoms with van der Waals surface area (Å²) in [6, 6.07) is 40.4. The van der Waals surface area contributed by atoms with Crippen molar-refractivity contribution >= 4 is 47.0 Å². The monoisotopic (exact) mass is 940 g/mol. The van der Waals surface area contributed by atoms with Gasteiger partial charge in [-0.05, 0) is 88.9 Å². The van der Waals surface area contributed by atoms with Gasteiger partial charge in [-0.25, -0.2) is 4.79 Å². The Morgan fingerprint density at radius 3 is 1.76 bits per heavy atom. The van der Waals surface area contributed by atoms with E-state index in [2.05, 4.69) is 31.6 Å². The van der Waals surface area contributed by atoms with Crippen LogP contribution in [0, 0.1) is 5.92 Å². The largest absolute Gasteiger partial charge is 0.480 e. The van der Waals surface area contributed by atoms with Crippen LogP contribution in [-0.2, 0) is 65.7 Å². The maximum atomic E-state index is 14.8. The van der Waals surface area contributed by atoms with E-state index in [-0.39, 0.29) is 51.4 Å². The van der Waals surface area contributed by atoms with Crippen molar-refractivity contribution in [1.29, 1.82) is 0 Å². The first-order valence-corrected chi connectivity index (χ1v) is 23.4. The van der Waals surface area contributed by atoms with E-state index >= 15 is 0 Å². The Morgan fingerprint density at radius 2 is 1.11 bits per heavy atom. The number of ketones is 1. The molecule has 2 aliphatic heterocycles. The molecule has 5 atom stereocenters. The van der Waals surface area contributed by atoms with E-state index in [4.69, 9.17) is 0 Å². The summed E-state index contributed by atoms with van der Waals surface area (Å²) in [5.41, 5.74) is 5.90. The molecule has 70 heavy (non-hydrogen) atoms. The minimum absolute atomic E-state index is 0.00118. The number of benzene rings is 5. The van der Waals surface area contributed by atoms with Crippen LogP contribution in [0.1, 0.15) is 53.5 Å². The summed E-state index contributed by atoms with van der Waals surface area (Å²) in [4.78, 5) is 102. The van der Waals surface area contributed by atoms with Gasteiger partial charge < -0.3 is 31.7 Å². The molecule has 0 fully saturated rings. The Morgan fingerprint density at radius 1 is 0.571 bits per heavy atom. The third kappa shape index (κ3) is 14.9. The second-order valence-electron chi connectivity index (χ2n) is 17.5. The van der Waals surface area contributed by atoms with Gasteiger partial charge in [-0.15, -0.1) is 0 Å². The van der Waals surface area contributed by atoms with Crippen LogP contribution in [0.2, 0.25) is 0 Å². The fourth-order valence-electron chi connectivity index (χ4n) is 8.39. The number of amides is 5. The molecular weight excluding hydrogens is 885 g/mol. The van der Waals surface area contributed by atoms with E-state index in [1.54, 1.807) is 79.1 Å². The van der Waals surface area contributed by atoms with Crippen molar-refractivity contribution in [2.24, 2.45) is 5.92 Å². The third-order valence-corrected chi connectivity index (χ3v) is 12.3. The molecule has 6 aromatic rings. The molecule has 0 radical (unpaired) electrons. The number of carbonyl (C=O) groups is 7. The SMILES string of the molecule is O=C1CCC(=O)N[C@H](CCc2ccccc2)C(=O)N[C@@H](Cc2ccc(-c3ccncc3)cc2)C(=O)N[C@H](Cc2ccccc2)C(=O)C[C@H](C(=O)N[C@@H](Cc2ccccc2)C(=O)O)Cc2ccc(cc2)N1. The smallest absolute Gasteiger partial charge is 0.326 e. The molecule has 0 saturated heterocycles. The van der Waals surface area contributed by atoms with E-state index in [1.165, 1.54) is 0 Å². The number of aryl methyl sites for hydroxylation is 1. The quantitative estimate of drug-likeness (QED) is 0.0751. The van der Waals surface area contributed by atoms with Crippen LogP contribution in [0.4, 0.5) is 5.69 Å². The fraction of sp³-hybridized carbons (Fsp3) is 0.250. The van der Waals surface area contributed by atoms with Gasteiger partial charge in [-0.1, -0.05) is 127 Å². The summed E-state index contributed by atoms with van der Waals surface area (Å²) in [5.74, 6) is -5.81. The molecule has 0 unspecified atom stereocenters. The molecular formula is C56H56N6O8. The molecule has 0 aliphatic carbocycles. The topological polar surface area (TPSA) is 213 Å². The minimum atomic E-state index is -1.31. The number of nitrogens with one attached hydrogen (secondary N) is 5. The molecule has 5 aromatic carbocycles. The molecule has 2 aliphatic rings. The Labute approximate surface area is 406 Å². The summed E-state index contributed by atoms with van der Waals surface area (Å²) >= 11 is 0. The van der Waals surface area contributed by atoms with Crippen molar-refractivity contribution in [2.45, 2.75) is 82.0 Å². The first-order valence-electron chi connectivity index (χ1n) is 23.4. The lowest BCUT2D eigenvalue weighted by molar-refractivity contribution is -0.142. The normalized spacial score (nSPS) is 18.8. The zero-order valence-electron chi connectivity index (χ0n) is 38.6. The van der Waals surface area contributed by atoms with Crippen LogP contribution in [0.3, 0.4) is 0 Å². The van der Waals surface area contributed by atoms with Gasteiger partial charge in [0.15, 0.2) is 5.78 Å². The van der Waals surface area contributed by atoms with Gasteiger partial charge >= 0.3 is 5.97 Å². The number of aliphatic carboxylic acids is 1. The maximum Gasteiger partial charge on any atom is 0.326 e. The number of fused-ring (bicyclic) bond motifs is 18. The number of carboxylic acids is 1. The fourth-order valence-corrected chi connectivity index (χ4v) is 8.39. The number of aromatic nitrogens is 1. The van der Waals surface area contributed by atoms with Crippen LogP contribution in [0.15, 0.2) is 164 Å². The molecule has 0 saturated carbocycles. The van der Waals surface area contributed by atoms with Crippen LogP contribution in [0.5, 0.6) is 0 Å². The Bertz CT molecular complexity index is 2720. The van der Waals surface area contributed by atoms with Crippen LogP contribution < -0.4 is 26.6 Å². The summed E-state index contributed by atoms with van der Waals surface area (Å²) in [7, 11) is 0. The third-order valence-electron chi connectivity index (χ3n) is 12.3. The molecule has 14 nitrogen and oxygen atoms in total. The van der Waals surface area contributed by atoms with E-state index in [1.807, 2.05) is 84.9 Å². The molecule has 5 amide bonds. The van der Waals surface area contributed by atoms with Crippen molar-refractivity contribution in [2.75, 3.05) is 5.32 Å². The van der Waals surface area contributed by atoms with Gasteiger partial charge in [0.2, 0.25) is 29.5 Å². The molecule has 3 heterocycles. The highest BCUT2D eigenvalue weighted by atomic mass is 16.4. The van der Waals surface area contributed by atoms with Crippen molar-refractivity contribution in [1.82, 2.24) is 26.3 Å². The van der Waals surface area contributed by atoms with Gasteiger partial charge in [0, 0.05) is 56.1 Å². The van der Waals surface area contributed by atoms with Crippen LogP contribution in [0.25, 0.3) is 11.1 Å². The number of pyridine rings is 1. The Hall–Kier alpha value is -8.26. The zero-order valence-corrected chi connectivity index (χ0v) is 38.6. The molecule has 8 rings (SSSR count). The lowest BCUT2D eigenvalue weighted by atomic mass is 9.89. The molecule has 1 aromatic heterocycles. The van der Waals surface area contributed by atoms with Gasteiger partial charge in [0.25, 0.3) is 0 Å². The van der Waals surface area contributed by atoms with Gasteiger partial charge in [0.05, 0.1) is 6.04 Å². The second kappa shape index (κ2) is 24.7. The van der Waals surface area contributed by atoms with Crippen LogP contribution in [-0.4, -0.2) is 75.5 Å². The number of nitrogens with zero attached hydrogens (tertiary/aromatic N) is 1. The number of hydrogen-bond donors (Lipinski definition) is 6. The first-order chi connectivity index (χ1) is 33.9. The summed E-state index contributed by atoms with van der Waals surface area (Å²) < 4.78 is 0. The zero-order chi connectivity index (χ0) is 49.2. The summed E-state index contributed by atoms with van der Waals surface area (Å²) in [6.45, 7) is 0. The molecule has 0 spiro atoms. The lowest BCUT2D eigenvalue weighted by Crippen LogP contribution is -2.57.